The maximum Gasteiger partial charge on any atom is 0.258 e. The number of carbonyl (C=O) groups excluding carboxylic acids is 1. The van der Waals surface area contributed by atoms with Crippen LogP contribution in [0.5, 0.6) is 5.75 Å². The van der Waals surface area contributed by atoms with E-state index >= 15 is 0 Å². The minimum Gasteiger partial charge on any atom is -0.483 e. The Morgan fingerprint density at radius 3 is 2.54 bits per heavy atom. The van der Waals surface area contributed by atoms with E-state index in [9.17, 15) is 4.79 Å². The quantitative estimate of drug-likeness (QED) is 0.740. The van der Waals surface area contributed by atoms with Gasteiger partial charge in [0.2, 0.25) is 0 Å². The summed E-state index contributed by atoms with van der Waals surface area (Å²) in [6.45, 7) is 1.82. The second-order valence-electron chi connectivity index (χ2n) is 5.46. The molecule has 4 heteroatoms. The van der Waals surface area contributed by atoms with Gasteiger partial charge in [0.05, 0.1) is 12.3 Å². The number of carbonyl (C=O) groups is 1. The molecule has 0 bridgehead atoms. The lowest BCUT2D eigenvalue weighted by molar-refractivity contribution is -0.123. The molecule has 1 heterocycles. The zero-order valence-electron chi connectivity index (χ0n) is 13.4. The van der Waals surface area contributed by atoms with Crippen molar-refractivity contribution >= 4 is 5.91 Å². The first-order valence-corrected chi connectivity index (χ1v) is 7.84. The zero-order chi connectivity index (χ0) is 16.8. The molecular formula is C20H19NO3. The van der Waals surface area contributed by atoms with Crippen molar-refractivity contribution in [3.63, 3.8) is 0 Å². The van der Waals surface area contributed by atoms with Crippen LogP contribution < -0.4 is 10.1 Å². The molecule has 3 rings (SSSR count). The number of nitrogens with one attached hydrogen (secondary N) is 1. The van der Waals surface area contributed by atoms with E-state index in [1.807, 2.05) is 67.6 Å². The number of rotatable bonds is 6. The summed E-state index contributed by atoms with van der Waals surface area (Å²) in [5.41, 5.74) is 2.02. The monoisotopic (exact) mass is 321 g/mol. The van der Waals surface area contributed by atoms with Crippen molar-refractivity contribution in [2.24, 2.45) is 0 Å². The predicted octanol–water partition coefficient (Wildman–Crippen LogP) is 4.20. The molecule has 0 saturated heterocycles. The normalized spacial score (nSPS) is 11.7. The van der Waals surface area contributed by atoms with Crippen molar-refractivity contribution in [2.75, 3.05) is 6.61 Å². The molecule has 0 unspecified atom stereocenters. The molecule has 1 atom stereocenters. The topological polar surface area (TPSA) is 51.5 Å². The van der Waals surface area contributed by atoms with E-state index < -0.39 is 0 Å². The van der Waals surface area contributed by atoms with E-state index in [1.165, 1.54) is 0 Å². The van der Waals surface area contributed by atoms with E-state index in [4.69, 9.17) is 9.15 Å². The van der Waals surface area contributed by atoms with Crippen LogP contribution in [0.3, 0.4) is 0 Å². The summed E-state index contributed by atoms with van der Waals surface area (Å²) in [6.07, 6.45) is 1.59. The van der Waals surface area contributed by atoms with Crippen LogP contribution in [0.1, 0.15) is 18.7 Å². The summed E-state index contributed by atoms with van der Waals surface area (Å²) in [5, 5.41) is 2.85. The van der Waals surface area contributed by atoms with Crippen molar-refractivity contribution in [3.8, 4) is 16.9 Å². The molecule has 0 spiro atoms. The van der Waals surface area contributed by atoms with Crippen LogP contribution in [0, 0.1) is 0 Å². The minimum absolute atomic E-state index is 0.0467. The van der Waals surface area contributed by atoms with Crippen molar-refractivity contribution in [2.45, 2.75) is 13.0 Å². The summed E-state index contributed by atoms with van der Waals surface area (Å²) in [7, 11) is 0. The van der Waals surface area contributed by atoms with Crippen molar-refractivity contribution in [3.05, 3.63) is 78.8 Å². The third-order valence-corrected chi connectivity index (χ3v) is 3.68. The zero-order valence-corrected chi connectivity index (χ0v) is 13.4. The molecular weight excluding hydrogens is 302 g/mol. The van der Waals surface area contributed by atoms with Gasteiger partial charge in [-0.05, 0) is 30.7 Å². The highest BCUT2D eigenvalue weighted by molar-refractivity contribution is 5.78. The van der Waals surface area contributed by atoms with Gasteiger partial charge in [0.15, 0.2) is 6.61 Å². The average molecular weight is 321 g/mol. The van der Waals surface area contributed by atoms with Gasteiger partial charge < -0.3 is 14.5 Å². The Morgan fingerprint density at radius 2 is 1.79 bits per heavy atom. The van der Waals surface area contributed by atoms with Gasteiger partial charge in [-0.15, -0.1) is 0 Å². The van der Waals surface area contributed by atoms with Crippen molar-refractivity contribution < 1.29 is 13.9 Å². The van der Waals surface area contributed by atoms with Crippen LogP contribution in [-0.2, 0) is 4.79 Å². The standard InChI is InChI=1S/C20H19NO3/c1-15(18-12-7-13-23-18)21-20(22)14-24-19-11-6-5-10-17(19)16-8-3-2-4-9-16/h2-13,15H,14H2,1H3,(H,21,22)/t15-/m0/s1. The number of hydrogen-bond acceptors (Lipinski definition) is 3. The van der Waals surface area contributed by atoms with E-state index in [2.05, 4.69) is 5.32 Å². The number of furan rings is 1. The van der Waals surface area contributed by atoms with Gasteiger partial charge in [-0.25, -0.2) is 0 Å². The van der Waals surface area contributed by atoms with Gasteiger partial charge in [-0.1, -0.05) is 48.5 Å². The summed E-state index contributed by atoms with van der Waals surface area (Å²) in [4.78, 5) is 12.1. The van der Waals surface area contributed by atoms with Gasteiger partial charge in [-0.2, -0.15) is 0 Å². The maximum absolute atomic E-state index is 12.1. The highest BCUT2D eigenvalue weighted by Crippen LogP contribution is 2.29. The molecule has 0 saturated carbocycles. The Hall–Kier alpha value is -3.01. The first-order chi connectivity index (χ1) is 11.7. The predicted molar refractivity (Wildman–Crippen MR) is 92.6 cm³/mol. The molecule has 4 nitrogen and oxygen atoms in total. The lowest BCUT2D eigenvalue weighted by atomic mass is 10.1. The summed E-state index contributed by atoms with van der Waals surface area (Å²) < 4.78 is 11.0. The smallest absolute Gasteiger partial charge is 0.258 e. The second-order valence-corrected chi connectivity index (χ2v) is 5.46. The number of amides is 1. The molecule has 0 aliphatic heterocycles. The van der Waals surface area contributed by atoms with Gasteiger partial charge in [-0.3, -0.25) is 4.79 Å². The summed E-state index contributed by atoms with van der Waals surface area (Å²) in [5.74, 6) is 1.21. The number of para-hydroxylation sites is 1. The Morgan fingerprint density at radius 1 is 1.04 bits per heavy atom. The fourth-order valence-electron chi connectivity index (χ4n) is 2.48. The number of benzene rings is 2. The van der Waals surface area contributed by atoms with Crippen LogP contribution in [0.15, 0.2) is 77.4 Å². The lowest BCUT2D eigenvalue weighted by Crippen LogP contribution is -2.31. The fourth-order valence-corrected chi connectivity index (χ4v) is 2.48. The lowest BCUT2D eigenvalue weighted by Gasteiger charge is -2.14. The highest BCUT2D eigenvalue weighted by Gasteiger charge is 2.13. The van der Waals surface area contributed by atoms with Gasteiger partial charge in [0.25, 0.3) is 5.91 Å². The Kier molecular flexibility index (Phi) is 4.96. The molecule has 24 heavy (non-hydrogen) atoms. The molecule has 122 valence electrons. The SMILES string of the molecule is C[C@H](NC(=O)COc1ccccc1-c1ccccc1)c1ccco1. The molecule has 3 aromatic rings. The molecule has 1 N–H and O–H groups in total. The molecule has 1 aromatic heterocycles. The van der Waals surface area contributed by atoms with Crippen molar-refractivity contribution in [1.82, 2.24) is 5.32 Å². The third-order valence-electron chi connectivity index (χ3n) is 3.68. The second kappa shape index (κ2) is 7.51. The van der Waals surface area contributed by atoms with Gasteiger partial charge >= 0.3 is 0 Å². The minimum atomic E-state index is -0.194. The van der Waals surface area contributed by atoms with Gasteiger partial charge in [0, 0.05) is 5.56 Å². The molecule has 0 radical (unpaired) electrons. The third kappa shape index (κ3) is 3.84. The molecule has 0 aliphatic rings. The fraction of sp³-hybridized carbons (Fsp3) is 0.150. The van der Waals surface area contributed by atoms with Crippen LogP contribution in [0.2, 0.25) is 0 Å². The number of hydrogen-bond donors (Lipinski definition) is 1. The summed E-state index contributed by atoms with van der Waals surface area (Å²) >= 11 is 0. The Balaban J connectivity index is 1.64. The average Bonchev–Trinajstić information content (AvgIpc) is 3.16. The summed E-state index contributed by atoms with van der Waals surface area (Å²) in [6, 6.07) is 21.1. The molecule has 2 aromatic carbocycles. The van der Waals surface area contributed by atoms with E-state index in [0.717, 1.165) is 11.1 Å². The molecule has 1 amide bonds. The van der Waals surface area contributed by atoms with Crippen LogP contribution in [0.4, 0.5) is 0 Å². The Labute approximate surface area is 141 Å². The molecule has 0 fully saturated rings. The highest BCUT2D eigenvalue weighted by atomic mass is 16.5. The van der Waals surface area contributed by atoms with Crippen LogP contribution in [0.25, 0.3) is 11.1 Å². The van der Waals surface area contributed by atoms with Crippen molar-refractivity contribution in [1.29, 1.82) is 0 Å². The first-order valence-electron chi connectivity index (χ1n) is 7.84. The largest absolute Gasteiger partial charge is 0.483 e. The first kappa shape index (κ1) is 15.9. The maximum atomic E-state index is 12.1. The van der Waals surface area contributed by atoms with Gasteiger partial charge in [0.1, 0.15) is 11.5 Å². The van der Waals surface area contributed by atoms with E-state index in [1.54, 1.807) is 12.3 Å². The number of ether oxygens (including phenoxy) is 1. The van der Waals surface area contributed by atoms with Crippen LogP contribution >= 0.6 is 0 Å². The van der Waals surface area contributed by atoms with E-state index in [0.29, 0.717) is 11.5 Å². The van der Waals surface area contributed by atoms with E-state index in [-0.39, 0.29) is 18.6 Å². The Bertz CT molecular complexity index is 782. The van der Waals surface area contributed by atoms with Crippen LogP contribution in [-0.4, -0.2) is 12.5 Å². The molecule has 0 aliphatic carbocycles.